The first-order valence-corrected chi connectivity index (χ1v) is 5.84. The molecule has 0 fully saturated rings. The molecule has 2 nitrogen and oxygen atoms in total. The normalized spacial score (nSPS) is 13.1. The van der Waals surface area contributed by atoms with Gasteiger partial charge in [-0.2, -0.15) is 0 Å². The van der Waals surface area contributed by atoms with Crippen LogP contribution in [-0.2, 0) is 0 Å². The number of hydrogen-bond acceptors (Lipinski definition) is 2. The smallest absolute Gasteiger partial charge is 0.129 e. The molecule has 0 radical (unpaired) electrons. The molecule has 16 heavy (non-hydrogen) atoms. The van der Waals surface area contributed by atoms with E-state index in [1.807, 2.05) is 0 Å². The van der Waals surface area contributed by atoms with Gasteiger partial charge in [-0.15, -0.1) is 0 Å². The summed E-state index contributed by atoms with van der Waals surface area (Å²) in [4.78, 5) is 0. The molecule has 0 amide bonds. The van der Waals surface area contributed by atoms with Crippen LogP contribution < -0.4 is 11.3 Å². The summed E-state index contributed by atoms with van der Waals surface area (Å²) in [6.45, 7) is 4.24. The third kappa shape index (κ3) is 3.44. The van der Waals surface area contributed by atoms with Gasteiger partial charge in [-0.1, -0.05) is 31.5 Å². The van der Waals surface area contributed by atoms with Gasteiger partial charge < -0.3 is 0 Å². The van der Waals surface area contributed by atoms with E-state index >= 15 is 0 Å². The molecule has 1 aromatic carbocycles. The lowest BCUT2D eigenvalue weighted by Crippen LogP contribution is -2.29. The minimum Gasteiger partial charge on any atom is -0.271 e. The molecule has 1 rings (SSSR count). The zero-order valence-corrected chi connectivity index (χ0v) is 10.4. The Morgan fingerprint density at radius 2 is 2.06 bits per heavy atom. The number of benzene rings is 1. The fraction of sp³-hybridized carbons (Fsp3) is 0.500. The molecule has 1 unspecified atom stereocenters. The van der Waals surface area contributed by atoms with E-state index in [2.05, 4.69) is 19.3 Å². The van der Waals surface area contributed by atoms with Gasteiger partial charge in [0, 0.05) is 10.6 Å². The van der Waals surface area contributed by atoms with Crippen molar-refractivity contribution in [1.29, 1.82) is 0 Å². The minimum absolute atomic E-state index is 0.226. The first-order chi connectivity index (χ1) is 7.56. The monoisotopic (exact) mass is 244 g/mol. The molecule has 1 aromatic rings. The van der Waals surface area contributed by atoms with Crippen molar-refractivity contribution in [3.8, 4) is 0 Å². The average Bonchev–Trinajstić information content (AvgIpc) is 2.22. The highest BCUT2D eigenvalue weighted by Gasteiger charge is 2.17. The first-order valence-electron chi connectivity index (χ1n) is 5.46. The second kappa shape index (κ2) is 6.18. The Morgan fingerprint density at radius 1 is 1.38 bits per heavy atom. The van der Waals surface area contributed by atoms with Crippen LogP contribution in [0.15, 0.2) is 18.2 Å². The fourth-order valence-electron chi connectivity index (χ4n) is 1.65. The molecule has 0 saturated heterocycles. The number of hydrazine groups is 1. The van der Waals surface area contributed by atoms with Crippen molar-refractivity contribution in [3.05, 3.63) is 34.6 Å². The maximum absolute atomic E-state index is 13.6. The van der Waals surface area contributed by atoms with Crippen LogP contribution in [0.2, 0.25) is 5.02 Å². The summed E-state index contributed by atoms with van der Waals surface area (Å²) in [5.41, 5.74) is 3.10. The second-order valence-electron chi connectivity index (χ2n) is 4.33. The van der Waals surface area contributed by atoms with Crippen LogP contribution in [0.25, 0.3) is 0 Å². The Kier molecular flexibility index (Phi) is 5.19. The Balaban J connectivity index is 2.86. The summed E-state index contributed by atoms with van der Waals surface area (Å²) in [5, 5.41) is 0.423. The van der Waals surface area contributed by atoms with E-state index in [-0.39, 0.29) is 11.9 Å². The predicted molar refractivity (Wildman–Crippen MR) is 65.5 cm³/mol. The van der Waals surface area contributed by atoms with Crippen LogP contribution in [0.4, 0.5) is 4.39 Å². The van der Waals surface area contributed by atoms with Crippen molar-refractivity contribution in [2.75, 3.05) is 0 Å². The molecule has 3 N–H and O–H groups in total. The van der Waals surface area contributed by atoms with Crippen molar-refractivity contribution < 1.29 is 4.39 Å². The third-order valence-electron chi connectivity index (χ3n) is 2.58. The fourth-order valence-corrected chi connectivity index (χ4v) is 1.95. The third-order valence-corrected chi connectivity index (χ3v) is 2.91. The van der Waals surface area contributed by atoms with Crippen molar-refractivity contribution in [1.82, 2.24) is 5.43 Å². The minimum atomic E-state index is -0.306. The zero-order chi connectivity index (χ0) is 12.1. The van der Waals surface area contributed by atoms with Gasteiger partial charge in [-0.25, -0.2) is 4.39 Å². The van der Waals surface area contributed by atoms with E-state index in [4.69, 9.17) is 17.4 Å². The molecule has 4 heteroatoms. The Labute approximate surface area is 101 Å². The zero-order valence-electron chi connectivity index (χ0n) is 9.63. The van der Waals surface area contributed by atoms with Crippen LogP contribution in [-0.4, -0.2) is 0 Å². The average molecular weight is 245 g/mol. The van der Waals surface area contributed by atoms with E-state index in [1.54, 1.807) is 12.1 Å². The lowest BCUT2D eigenvalue weighted by atomic mass is 9.97. The van der Waals surface area contributed by atoms with Gasteiger partial charge >= 0.3 is 0 Å². The Bertz CT molecular complexity index is 322. The van der Waals surface area contributed by atoms with Gasteiger partial charge in [0.05, 0.1) is 6.04 Å². The Morgan fingerprint density at radius 3 is 2.56 bits per heavy atom. The predicted octanol–water partition coefficient (Wildman–Crippen LogP) is 3.42. The van der Waals surface area contributed by atoms with Crippen LogP contribution in [0.1, 0.15) is 38.3 Å². The molecule has 0 saturated carbocycles. The number of rotatable bonds is 5. The maximum Gasteiger partial charge on any atom is 0.129 e. The molecule has 0 spiro atoms. The Hall–Kier alpha value is -0.640. The van der Waals surface area contributed by atoms with E-state index in [9.17, 15) is 4.39 Å². The molecular formula is C12H18ClFN2. The highest BCUT2D eigenvalue weighted by atomic mass is 35.5. The van der Waals surface area contributed by atoms with Crippen molar-refractivity contribution in [3.63, 3.8) is 0 Å². The molecular weight excluding hydrogens is 227 g/mol. The molecule has 0 aliphatic rings. The van der Waals surface area contributed by atoms with Crippen molar-refractivity contribution in [2.45, 2.75) is 32.7 Å². The molecule has 0 aliphatic carbocycles. The van der Waals surface area contributed by atoms with Gasteiger partial charge in [0.15, 0.2) is 0 Å². The molecule has 0 bridgehead atoms. The standard InChI is InChI=1S/C12H18ClFN2/c1-8(2)6-7-11(16-15)12-9(13)4-3-5-10(12)14/h3-5,8,11,16H,6-7,15H2,1-2H3. The largest absolute Gasteiger partial charge is 0.271 e. The van der Waals surface area contributed by atoms with Gasteiger partial charge in [-0.05, 0) is 30.9 Å². The summed E-state index contributed by atoms with van der Waals surface area (Å²) < 4.78 is 13.6. The number of hydrogen-bond donors (Lipinski definition) is 2. The number of nitrogens with two attached hydrogens (primary N) is 1. The van der Waals surface area contributed by atoms with Crippen molar-refractivity contribution >= 4 is 11.6 Å². The highest BCUT2D eigenvalue weighted by molar-refractivity contribution is 6.31. The first kappa shape index (κ1) is 13.4. The van der Waals surface area contributed by atoms with E-state index < -0.39 is 0 Å². The summed E-state index contributed by atoms with van der Waals surface area (Å²) in [5.74, 6) is 5.70. The molecule has 0 aromatic heterocycles. The number of halogens is 2. The van der Waals surface area contributed by atoms with Crippen LogP contribution in [0, 0.1) is 11.7 Å². The molecule has 1 atom stereocenters. The highest BCUT2D eigenvalue weighted by Crippen LogP contribution is 2.29. The molecule has 0 aliphatic heterocycles. The van der Waals surface area contributed by atoms with Gasteiger partial charge in [0.25, 0.3) is 0 Å². The van der Waals surface area contributed by atoms with Gasteiger partial charge in [-0.3, -0.25) is 11.3 Å². The summed E-state index contributed by atoms with van der Waals surface area (Å²) in [6.07, 6.45) is 1.74. The summed E-state index contributed by atoms with van der Waals surface area (Å²) in [6, 6.07) is 4.45. The van der Waals surface area contributed by atoms with Crippen LogP contribution in [0.3, 0.4) is 0 Å². The van der Waals surface area contributed by atoms with Crippen LogP contribution >= 0.6 is 11.6 Å². The molecule has 90 valence electrons. The van der Waals surface area contributed by atoms with E-state index in [1.165, 1.54) is 6.07 Å². The van der Waals surface area contributed by atoms with E-state index in [0.717, 1.165) is 12.8 Å². The lowest BCUT2D eigenvalue weighted by molar-refractivity contribution is 0.434. The topological polar surface area (TPSA) is 38.0 Å². The second-order valence-corrected chi connectivity index (χ2v) is 4.73. The SMILES string of the molecule is CC(C)CCC(NN)c1c(F)cccc1Cl. The maximum atomic E-state index is 13.6. The summed E-state index contributed by atoms with van der Waals surface area (Å²) in [7, 11) is 0. The van der Waals surface area contributed by atoms with Gasteiger partial charge in [0.2, 0.25) is 0 Å². The van der Waals surface area contributed by atoms with Crippen molar-refractivity contribution in [2.24, 2.45) is 11.8 Å². The van der Waals surface area contributed by atoms with Gasteiger partial charge in [0.1, 0.15) is 5.82 Å². The quantitative estimate of drug-likeness (QED) is 0.615. The van der Waals surface area contributed by atoms with E-state index in [0.29, 0.717) is 16.5 Å². The lowest BCUT2D eigenvalue weighted by Gasteiger charge is -2.19. The summed E-state index contributed by atoms with van der Waals surface area (Å²) >= 11 is 5.98. The number of nitrogens with one attached hydrogen (secondary N) is 1. The molecule has 0 heterocycles. The van der Waals surface area contributed by atoms with Crippen LogP contribution in [0.5, 0.6) is 0 Å².